The van der Waals surface area contributed by atoms with Crippen molar-refractivity contribution in [2.45, 2.75) is 13.3 Å². The Morgan fingerprint density at radius 3 is 2.68 bits per heavy atom. The van der Waals surface area contributed by atoms with Gasteiger partial charge in [0.05, 0.1) is 15.5 Å². The number of oxazole rings is 1. The quantitative estimate of drug-likeness (QED) is 0.482. The lowest BCUT2D eigenvalue weighted by Crippen LogP contribution is -1.90. The van der Waals surface area contributed by atoms with Crippen LogP contribution in [0.1, 0.15) is 12.5 Å². The highest BCUT2D eigenvalue weighted by molar-refractivity contribution is 6.36. The summed E-state index contributed by atoms with van der Waals surface area (Å²) in [6.07, 6.45) is 0.598. The second kappa shape index (κ2) is 5.59. The maximum Gasteiger partial charge on any atom is 0.272 e. The third-order valence-electron chi connectivity index (χ3n) is 3.30. The number of non-ortho nitro benzene ring substituents is 1. The Morgan fingerprint density at radius 1 is 1.27 bits per heavy atom. The topological polar surface area (TPSA) is 69.2 Å². The van der Waals surface area contributed by atoms with E-state index in [0.717, 1.165) is 5.56 Å². The lowest BCUT2D eigenvalue weighted by atomic mass is 10.1. The molecule has 3 rings (SSSR count). The molecule has 0 radical (unpaired) electrons. The Hall–Kier alpha value is -2.11. The minimum absolute atomic E-state index is 0.00796. The molecule has 0 atom stereocenters. The van der Waals surface area contributed by atoms with Crippen LogP contribution in [0.2, 0.25) is 10.0 Å². The number of nitro benzene ring substituents is 1. The molecule has 22 heavy (non-hydrogen) atoms. The fourth-order valence-electron chi connectivity index (χ4n) is 2.23. The van der Waals surface area contributed by atoms with Gasteiger partial charge in [-0.1, -0.05) is 30.1 Å². The smallest absolute Gasteiger partial charge is 0.272 e. The number of rotatable bonds is 3. The van der Waals surface area contributed by atoms with Crippen LogP contribution >= 0.6 is 23.2 Å². The first-order valence-corrected chi connectivity index (χ1v) is 7.28. The fourth-order valence-corrected chi connectivity index (χ4v) is 2.72. The molecule has 0 saturated carbocycles. The molecule has 0 aliphatic carbocycles. The molecule has 7 heteroatoms. The number of nitrogens with zero attached hydrogens (tertiary/aromatic N) is 2. The van der Waals surface area contributed by atoms with Gasteiger partial charge in [-0.25, -0.2) is 4.98 Å². The summed E-state index contributed by atoms with van der Waals surface area (Å²) in [5, 5.41) is 11.9. The summed E-state index contributed by atoms with van der Waals surface area (Å²) in [6.45, 7) is 1.90. The molecule has 1 heterocycles. The predicted octanol–water partition coefficient (Wildman–Crippen LogP) is 5.27. The second-order valence-corrected chi connectivity index (χ2v) is 5.55. The second-order valence-electron chi connectivity index (χ2n) is 4.71. The summed E-state index contributed by atoms with van der Waals surface area (Å²) in [7, 11) is 0. The molecule has 5 nitrogen and oxygen atoms in total. The van der Waals surface area contributed by atoms with Crippen molar-refractivity contribution < 1.29 is 9.34 Å². The largest absolute Gasteiger partial charge is 0.436 e. The lowest BCUT2D eigenvalue weighted by molar-refractivity contribution is -0.384. The van der Waals surface area contributed by atoms with Gasteiger partial charge in [-0.15, -0.1) is 0 Å². The van der Waals surface area contributed by atoms with Gasteiger partial charge in [0.25, 0.3) is 5.69 Å². The molecular formula is C15H10Cl2N2O3. The van der Waals surface area contributed by atoms with Gasteiger partial charge in [0, 0.05) is 22.7 Å². The molecule has 0 unspecified atom stereocenters. The summed E-state index contributed by atoms with van der Waals surface area (Å²) in [6, 6.07) is 7.87. The molecule has 3 aromatic rings. The fraction of sp³-hybridized carbons (Fsp3) is 0.133. The number of hydrogen-bond acceptors (Lipinski definition) is 4. The SMILES string of the molecule is CCc1cc([N+](=O)[O-])cc2nc(-c3ccc(Cl)cc3Cl)oc12. The van der Waals surface area contributed by atoms with E-state index < -0.39 is 4.92 Å². The minimum atomic E-state index is -0.442. The van der Waals surface area contributed by atoms with Gasteiger partial charge in [0.2, 0.25) is 5.89 Å². The number of hydrogen-bond donors (Lipinski definition) is 0. The van der Waals surface area contributed by atoms with Crippen LogP contribution in [0.25, 0.3) is 22.6 Å². The Bertz CT molecular complexity index is 890. The summed E-state index contributed by atoms with van der Waals surface area (Å²) < 4.78 is 5.77. The molecular weight excluding hydrogens is 327 g/mol. The van der Waals surface area contributed by atoms with Crippen LogP contribution in [0, 0.1) is 10.1 Å². The maximum absolute atomic E-state index is 11.0. The number of benzene rings is 2. The average molecular weight is 337 g/mol. The summed E-state index contributed by atoms with van der Waals surface area (Å²) >= 11 is 12.0. The monoisotopic (exact) mass is 336 g/mol. The number of aryl methyl sites for hydroxylation is 1. The normalized spacial score (nSPS) is 11.0. The number of halogens is 2. The first kappa shape index (κ1) is 14.8. The number of aromatic nitrogens is 1. The third-order valence-corrected chi connectivity index (χ3v) is 3.85. The molecule has 0 bridgehead atoms. The maximum atomic E-state index is 11.0. The van der Waals surface area contributed by atoms with E-state index >= 15 is 0 Å². The molecule has 0 saturated heterocycles. The predicted molar refractivity (Wildman–Crippen MR) is 85.5 cm³/mol. The Kier molecular flexibility index (Phi) is 3.76. The van der Waals surface area contributed by atoms with E-state index in [4.69, 9.17) is 27.6 Å². The van der Waals surface area contributed by atoms with E-state index in [9.17, 15) is 10.1 Å². The molecule has 1 aromatic heterocycles. The van der Waals surface area contributed by atoms with E-state index in [1.54, 1.807) is 18.2 Å². The van der Waals surface area contributed by atoms with Crippen LogP contribution in [0.15, 0.2) is 34.7 Å². The zero-order valence-corrected chi connectivity index (χ0v) is 13.0. The van der Waals surface area contributed by atoms with Gasteiger partial charge < -0.3 is 4.42 Å². The van der Waals surface area contributed by atoms with Crippen LogP contribution in [-0.4, -0.2) is 9.91 Å². The highest BCUT2D eigenvalue weighted by atomic mass is 35.5. The van der Waals surface area contributed by atoms with Crippen molar-refractivity contribution in [1.29, 1.82) is 0 Å². The lowest BCUT2D eigenvalue weighted by Gasteiger charge is -1.99. The first-order chi connectivity index (χ1) is 10.5. The van der Waals surface area contributed by atoms with E-state index in [-0.39, 0.29) is 5.69 Å². The van der Waals surface area contributed by atoms with Crippen molar-refractivity contribution in [2.75, 3.05) is 0 Å². The summed E-state index contributed by atoms with van der Waals surface area (Å²) in [4.78, 5) is 14.9. The van der Waals surface area contributed by atoms with Crippen molar-refractivity contribution in [2.24, 2.45) is 0 Å². The number of nitro groups is 1. The Balaban J connectivity index is 2.22. The molecule has 0 fully saturated rings. The summed E-state index contributed by atoms with van der Waals surface area (Å²) in [5.41, 5.74) is 2.28. The molecule has 0 aliphatic heterocycles. The van der Waals surface area contributed by atoms with Crippen molar-refractivity contribution in [3.8, 4) is 11.5 Å². The first-order valence-electron chi connectivity index (χ1n) is 6.53. The van der Waals surface area contributed by atoms with Crippen LogP contribution < -0.4 is 0 Å². The van der Waals surface area contributed by atoms with Gasteiger partial charge in [0.1, 0.15) is 5.52 Å². The van der Waals surface area contributed by atoms with Crippen molar-refractivity contribution in [3.63, 3.8) is 0 Å². The highest BCUT2D eigenvalue weighted by Crippen LogP contribution is 2.34. The molecule has 0 aliphatic rings. The minimum Gasteiger partial charge on any atom is -0.436 e. The standard InChI is InChI=1S/C15H10Cl2N2O3/c1-2-8-5-10(19(20)21)7-13-14(8)22-15(18-13)11-4-3-9(16)6-12(11)17/h3-7H,2H2,1H3. The van der Waals surface area contributed by atoms with E-state index in [1.807, 2.05) is 6.92 Å². The highest BCUT2D eigenvalue weighted by Gasteiger charge is 2.18. The Labute approximate surface area is 135 Å². The zero-order chi connectivity index (χ0) is 15.9. The summed E-state index contributed by atoms with van der Waals surface area (Å²) in [5.74, 6) is 0.312. The van der Waals surface area contributed by atoms with Crippen LogP contribution in [0.3, 0.4) is 0 Å². The van der Waals surface area contributed by atoms with Crippen molar-refractivity contribution in [1.82, 2.24) is 4.98 Å². The molecule has 0 N–H and O–H groups in total. The van der Waals surface area contributed by atoms with Gasteiger partial charge in [-0.05, 0) is 24.6 Å². The molecule has 0 amide bonds. The number of fused-ring (bicyclic) bond motifs is 1. The van der Waals surface area contributed by atoms with Gasteiger partial charge >= 0.3 is 0 Å². The molecule has 0 spiro atoms. The van der Waals surface area contributed by atoms with E-state index in [1.165, 1.54) is 12.1 Å². The van der Waals surface area contributed by atoms with E-state index in [0.29, 0.717) is 39.0 Å². The van der Waals surface area contributed by atoms with Gasteiger partial charge in [-0.2, -0.15) is 0 Å². The van der Waals surface area contributed by atoms with E-state index in [2.05, 4.69) is 4.98 Å². The molecule has 2 aromatic carbocycles. The average Bonchev–Trinajstić information content (AvgIpc) is 2.89. The zero-order valence-electron chi connectivity index (χ0n) is 11.5. The van der Waals surface area contributed by atoms with Crippen molar-refractivity contribution >= 4 is 40.0 Å². The van der Waals surface area contributed by atoms with Crippen LogP contribution in [0.5, 0.6) is 0 Å². The van der Waals surface area contributed by atoms with Crippen molar-refractivity contribution in [3.05, 3.63) is 56.1 Å². The van der Waals surface area contributed by atoms with Crippen LogP contribution in [0.4, 0.5) is 5.69 Å². The van der Waals surface area contributed by atoms with Gasteiger partial charge in [0.15, 0.2) is 5.58 Å². The molecule has 112 valence electrons. The van der Waals surface area contributed by atoms with Gasteiger partial charge in [-0.3, -0.25) is 10.1 Å². The third kappa shape index (κ3) is 2.53. The Morgan fingerprint density at radius 2 is 2.05 bits per heavy atom. The van der Waals surface area contributed by atoms with Crippen LogP contribution in [-0.2, 0) is 6.42 Å².